The zero-order valence-corrected chi connectivity index (χ0v) is 15.7. The third-order valence-corrected chi connectivity index (χ3v) is 6.05. The Bertz CT molecular complexity index is 796. The van der Waals surface area contributed by atoms with Crippen LogP contribution in [0.25, 0.3) is 0 Å². The van der Waals surface area contributed by atoms with Gasteiger partial charge in [-0.3, -0.25) is 10.0 Å². The quantitative estimate of drug-likeness (QED) is 0.267. The minimum Gasteiger partial charge on any atom is -0.367 e. The Morgan fingerprint density at radius 2 is 1.70 bits per heavy atom. The first-order valence-corrected chi connectivity index (χ1v) is 9.79. The minimum absolute atomic E-state index is 0.0313. The van der Waals surface area contributed by atoms with Gasteiger partial charge in [0.25, 0.3) is 0 Å². The molecule has 0 spiro atoms. The number of hydrogen-bond donors (Lipinski definition) is 4. The molecular weight excluding hydrogens is 372 g/mol. The summed E-state index contributed by atoms with van der Waals surface area (Å²) in [6.45, 7) is 1.45. The van der Waals surface area contributed by atoms with Crippen molar-refractivity contribution in [2.45, 2.75) is 30.6 Å². The van der Waals surface area contributed by atoms with Crippen LogP contribution in [-0.4, -0.2) is 53.6 Å². The molecule has 0 aliphatic carbocycles. The van der Waals surface area contributed by atoms with Gasteiger partial charge in [0.05, 0.1) is 17.5 Å². The highest BCUT2D eigenvalue weighted by Crippen LogP contribution is 2.22. The van der Waals surface area contributed by atoms with Gasteiger partial charge in [-0.25, -0.2) is 8.42 Å². The van der Waals surface area contributed by atoms with E-state index in [-0.39, 0.29) is 24.5 Å². The predicted octanol–water partition coefficient (Wildman–Crippen LogP) is 0.818. The van der Waals surface area contributed by atoms with Crippen LogP contribution in [0.1, 0.15) is 11.1 Å². The standard InChI is InChI=1S/C18H24N2O6S/c1-14-7-9-16(10-8-14)27(24,25)20(11-12-26-19-23)17(18(21)22)13-15-5-3-2-4-6-15/h2-10,17-19,21-23H,11-13H2,1H3. The minimum atomic E-state index is -4.04. The molecule has 0 aromatic heterocycles. The number of benzene rings is 2. The molecule has 0 heterocycles. The third-order valence-electron chi connectivity index (χ3n) is 4.11. The molecule has 148 valence electrons. The second-order valence-corrected chi connectivity index (χ2v) is 7.93. The highest BCUT2D eigenvalue weighted by Gasteiger charge is 2.35. The van der Waals surface area contributed by atoms with E-state index >= 15 is 0 Å². The lowest BCUT2D eigenvalue weighted by molar-refractivity contribution is -0.133. The molecule has 0 saturated heterocycles. The van der Waals surface area contributed by atoms with Crippen LogP contribution in [-0.2, 0) is 21.3 Å². The number of hydrogen-bond acceptors (Lipinski definition) is 7. The summed E-state index contributed by atoms with van der Waals surface area (Å²) < 4.78 is 27.3. The van der Waals surface area contributed by atoms with Gasteiger partial charge in [-0.15, -0.1) is 0 Å². The van der Waals surface area contributed by atoms with E-state index in [0.29, 0.717) is 0 Å². The number of nitrogens with one attached hydrogen (secondary N) is 1. The Morgan fingerprint density at radius 1 is 1.07 bits per heavy atom. The maximum absolute atomic E-state index is 13.1. The molecule has 2 aromatic rings. The molecule has 27 heavy (non-hydrogen) atoms. The Morgan fingerprint density at radius 3 is 2.26 bits per heavy atom. The topological polar surface area (TPSA) is 119 Å². The van der Waals surface area contributed by atoms with Crippen LogP contribution in [0.3, 0.4) is 0 Å². The van der Waals surface area contributed by atoms with E-state index < -0.39 is 22.4 Å². The number of aliphatic hydroxyl groups is 2. The van der Waals surface area contributed by atoms with Gasteiger partial charge < -0.3 is 10.2 Å². The fraction of sp³-hybridized carbons (Fsp3) is 0.333. The summed E-state index contributed by atoms with van der Waals surface area (Å²) in [5, 5.41) is 28.4. The Kier molecular flexibility index (Phi) is 7.87. The number of sulfonamides is 1. The fourth-order valence-electron chi connectivity index (χ4n) is 2.70. The summed E-state index contributed by atoms with van der Waals surface area (Å²) >= 11 is 0. The molecule has 9 heteroatoms. The predicted molar refractivity (Wildman–Crippen MR) is 98.1 cm³/mol. The van der Waals surface area contributed by atoms with E-state index in [9.17, 15) is 18.6 Å². The summed E-state index contributed by atoms with van der Waals surface area (Å²) in [5.41, 5.74) is 3.14. The Hall–Kier alpha value is -1.85. The first kappa shape index (κ1) is 21.5. The lowest BCUT2D eigenvalue weighted by atomic mass is 10.1. The van der Waals surface area contributed by atoms with Crippen molar-refractivity contribution in [2.24, 2.45) is 0 Å². The van der Waals surface area contributed by atoms with E-state index in [1.165, 1.54) is 17.8 Å². The molecule has 2 rings (SSSR count). The van der Waals surface area contributed by atoms with E-state index in [0.717, 1.165) is 15.4 Å². The average molecular weight is 396 g/mol. The lowest BCUT2D eigenvalue weighted by Crippen LogP contribution is -2.49. The molecule has 0 amide bonds. The molecule has 0 aliphatic rings. The van der Waals surface area contributed by atoms with Gasteiger partial charge >= 0.3 is 0 Å². The zero-order chi connectivity index (χ0) is 19.9. The summed E-state index contributed by atoms with van der Waals surface area (Å²) in [7, 11) is -4.04. The SMILES string of the molecule is Cc1ccc(S(=O)(=O)N(CCONO)C(Cc2ccccc2)C(O)O)cc1. The van der Waals surface area contributed by atoms with Crippen LogP contribution in [0.5, 0.6) is 0 Å². The zero-order valence-electron chi connectivity index (χ0n) is 14.9. The van der Waals surface area contributed by atoms with Crippen LogP contribution in [0, 0.1) is 6.92 Å². The summed E-state index contributed by atoms with van der Waals surface area (Å²) in [5.74, 6) is 0. The monoisotopic (exact) mass is 396 g/mol. The molecule has 8 nitrogen and oxygen atoms in total. The van der Waals surface area contributed by atoms with Crippen LogP contribution in [0.15, 0.2) is 59.5 Å². The van der Waals surface area contributed by atoms with E-state index in [1.807, 2.05) is 13.0 Å². The molecular formula is C18H24N2O6S. The number of aliphatic hydroxyl groups excluding tert-OH is 1. The molecule has 4 N–H and O–H groups in total. The van der Waals surface area contributed by atoms with E-state index in [2.05, 4.69) is 4.84 Å². The number of aryl methyl sites for hydroxylation is 1. The van der Waals surface area contributed by atoms with Crippen LogP contribution < -0.4 is 5.64 Å². The van der Waals surface area contributed by atoms with Gasteiger partial charge in [-0.2, -0.15) is 4.31 Å². The molecule has 0 radical (unpaired) electrons. The van der Waals surface area contributed by atoms with Crippen molar-refractivity contribution in [1.82, 2.24) is 9.95 Å². The molecule has 1 unspecified atom stereocenters. The molecule has 0 fully saturated rings. The highest BCUT2D eigenvalue weighted by molar-refractivity contribution is 7.89. The van der Waals surface area contributed by atoms with Crippen LogP contribution in [0.2, 0.25) is 0 Å². The number of nitrogens with zero attached hydrogens (tertiary/aromatic N) is 1. The van der Waals surface area contributed by atoms with Gasteiger partial charge in [0, 0.05) is 6.54 Å². The van der Waals surface area contributed by atoms with Gasteiger partial charge in [-0.1, -0.05) is 53.7 Å². The van der Waals surface area contributed by atoms with Gasteiger partial charge in [-0.05, 0) is 31.0 Å². The van der Waals surface area contributed by atoms with Crippen molar-refractivity contribution in [3.8, 4) is 0 Å². The Balaban J connectivity index is 2.38. The van der Waals surface area contributed by atoms with Crippen molar-refractivity contribution in [3.63, 3.8) is 0 Å². The lowest BCUT2D eigenvalue weighted by Gasteiger charge is -2.32. The first-order chi connectivity index (χ1) is 12.9. The van der Waals surface area contributed by atoms with Crippen LogP contribution >= 0.6 is 0 Å². The van der Waals surface area contributed by atoms with E-state index in [4.69, 9.17) is 5.21 Å². The summed E-state index contributed by atoms with van der Waals surface area (Å²) in [4.78, 5) is 4.66. The largest absolute Gasteiger partial charge is 0.367 e. The van der Waals surface area contributed by atoms with Crippen molar-refractivity contribution in [1.29, 1.82) is 0 Å². The third kappa shape index (κ3) is 5.81. The molecule has 0 saturated carbocycles. The highest BCUT2D eigenvalue weighted by atomic mass is 32.2. The molecule has 0 bridgehead atoms. The smallest absolute Gasteiger partial charge is 0.243 e. The molecule has 1 atom stereocenters. The first-order valence-electron chi connectivity index (χ1n) is 8.35. The Labute approximate surface area is 158 Å². The van der Waals surface area contributed by atoms with Crippen LogP contribution in [0.4, 0.5) is 0 Å². The molecule has 0 aliphatic heterocycles. The van der Waals surface area contributed by atoms with Crippen molar-refractivity contribution in [3.05, 3.63) is 65.7 Å². The van der Waals surface area contributed by atoms with Gasteiger partial charge in [0.2, 0.25) is 10.0 Å². The average Bonchev–Trinajstić information content (AvgIpc) is 2.65. The van der Waals surface area contributed by atoms with E-state index in [1.54, 1.807) is 36.4 Å². The normalized spacial score (nSPS) is 13.3. The summed E-state index contributed by atoms with van der Waals surface area (Å²) in [6, 6.07) is 14.1. The van der Waals surface area contributed by atoms with Gasteiger partial charge in [0.1, 0.15) is 0 Å². The van der Waals surface area contributed by atoms with Crippen molar-refractivity contribution in [2.75, 3.05) is 13.2 Å². The van der Waals surface area contributed by atoms with Crippen molar-refractivity contribution >= 4 is 10.0 Å². The van der Waals surface area contributed by atoms with Gasteiger partial charge in [0.15, 0.2) is 6.29 Å². The number of rotatable bonds is 10. The second kappa shape index (κ2) is 9.90. The molecule has 2 aromatic carbocycles. The maximum atomic E-state index is 13.1. The maximum Gasteiger partial charge on any atom is 0.243 e. The summed E-state index contributed by atoms with van der Waals surface area (Å²) in [6.07, 6.45) is -1.82. The second-order valence-electron chi connectivity index (χ2n) is 6.04. The fourth-order valence-corrected chi connectivity index (χ4v) is 4.31. The van der Waals surface area contributed by atoms with Crippen molar-refractivity contribution < 1.29 is 28.7 Å².